The minimum Gasteiger partial charge on any atom is -0.310 e. The summed E-state index contributed by atoms with van der Waals surface area (Å²) in [5, 5.41) is 7.59. The molecule has 1 N–H and O–H groups in total. The predicted octanol–water partition coefficient (Wildman–Crippen LogP) is 3.24. The van der Waals surface area contributed by atoms with E-state index in [1.54, 1.807) is 10.9 Å². The SMILES string of the molecule is Cc1cccc(-n2nc(C)cc2NC(=O)C2Cc3cccnc3C2)c1. The molecule has 3 aromatic rings. The third-order valence-electron chi connectivity index (χ3n) is 4.59. The van der Waals surface area contributed by atoms with E-state index in [1.165, 1.54) is 5.56 Å². The van der Waals surface area contributed by atoms with Gasteiger partial charge >= 0.3 is 0 Å². The number of fused-ring (bicyclic) bond motifs is 1. The molecule has 2 heterocycles. The zero-order valence-corrected chi connectivity index (χ0v) is 14.4. The zero-order valence-electron chi connectivity index (χ0n) is 14.4. The average Bonchev–Trinajstić information content (AvgIpc) is 3.18. The van der Waals surface area contributed by atoms with Gasteiger partial charge in [0.05, 0.1) is 11.4 Å². The van der Waals surface area contributed by atoms with E-state index in [2.05, 4.69) is 27.5 Å². The molecule has 0 bridgehead atoms. The van der Waals surface area contributed by atoms with Gasteiger partial charge in [-0.15, -0.1) is 0 Å². The number of pyridine rings is 1. The Morgan fingerprint density at radius 3 is 2.84 bits per heavy atom. The van der Waals surface area contributed by atoms with Crippen molar-refractivity contribution in [3.8, 4) is 5.69 Å². The number of amides is 1. The summed E-state index contributed by atoms with van der Waals surface area (Å²) in [5.74, 6) is 0.648. The van der Waals surface area contributed by atoms with Crippen molar-refractivity contribution in [3.63, 3.8) is 0 Å². The molecule has 1 aliphatic carbocycles. The van der Waals surface area contributed by atoms with Crippen LogP contribution >= 0.6 is 0 Å². The third-order valence-corrected chi connectivity index (χ3v) is 4.59. The standard InChI is InChI=1S/C20H20N4O/c1-13-5-3-7-17(9-13)24-19(10-14(2)23-24)22-20(25)16-11-15-6-4-8-21-18(15)12-16/h3-10,16H,11-12H2,1-2H3,(H,22,25). The molecule has 0 fully saturated rings. The van der Waals surface area contributed by atoms with Gasteiger partial charge in [0.15, 0.2) is 0 Å². The number of benzene rings is 1. The van der Waals surface area contributed by atoms with Crippen LogP contribution in [0.3, 0.4) is 0 Å². The van der Waals surface area contributed by atoms with Crippen molar-refractivity contribution >= 4 is 11.7 Å². The number of nitrogens with zero attached hydrogens (tertiary/aromatic N) is 3. The van der Waals surface area contributed by atoms with Crippen LogP contribution in [0.15, 0.2) is 48.7 Å². The molecule has 0 aliphatic heterocycles. The molecular formula is C20H20N4O. The number of nitrogens with one attached hydrogen (secondary N) is 1. The Morgan fingerprint density at radius 1 is 1.16 bits per heavy atom. The van der Waals surface area contributed by atoms with Crippen molar-refractivity contribution in [1.82, 2.24) is 14.8 Å². The fraction of sp³-hybridized carbons (Fsp3) is 0.250. The van der Waals surface area contributed by atoms with Crippen LogP contribution in [-0.2, 0) is 17.6 Å². The second-order valence-corrected chi connectivity index (χ2v) is 6.63. The molecule has 0 saturated carbocycles. The topological polar surface area (TPSA) is 59.8 Å². The Hall–Kier alpha value is -2.95. The van der Waals surface area contributed by atoms with Gasteiger partial charge in [0.2, 0.25) is 5.91 Å². The van der Waals surface area contributed by atoms with E-state index in [0.717, 1.165) is 29.1 Å². The number of carbonyl (C=O) groups is 1. The van der Waals surface area contributed by atoms with Crippen LogP contribution in [-0.4, -0.2) is 20.7 Å². The maximum atomic E-state index is 12.8. The quantitative estimate of drug-likeness (QED) is 0.801. The first-order chi connectivity index (χ1) is 12.1. The van der Waals surface area contributed by atoms with E-state index in [-0.39, 0.29) is 11.8 Å². The lowest BCUT2D eigenvalue weighted by atomic mass is 10.1. The van der Waals surface area contributed by atoms with Crippen LogP contribution in [0.25, 0.3) is 5.69 Å². The first-order valence-electron chi connectivity index (χ1n) is 8.47. The van der Waals surface area contributed by atoms with Crippen LogP contribution in [0.4, 0.5) is 5.82 Å². The van der Waals surface area contributed by atoms with E-state index in [1.807, 2.05) is 44.2 Å². The number of hydrogen-bond acceptors (Lipinski definition) is 3. The molecule has 126 valence electrons. The lowest BCUT2D eigenvalue weighted by molar-refractivity contribution is -0.119. The molecule has 1 amide bonds. The van der Waals surface area contributed by atoms with Crippen molar-refractivity contribution in [2.24, 2.45) is 5.92 Å². The van der Waals surface area contributed by atoms with E-state index in [9.17, 15) is 4.79 Å². The van der Waals surface area contributed by atoms with Crippen LogP contribution in [0, 0.1) is 19.8 Å². The van der Waals surface area contributed by atoms with Crippen molar-refractivity contribution < 1.29 is 4.79 Å². The Labute approximate surface area is 146 Å². The third kappa shape index (κ3) is 3.05. The number of anilines is 1. The molecule has 0 radical (unpaired) electrons. The lowest BCUT2D eigenvalue weighted by Gasteiger charge is -2.12. The minimum atomic E-state index is -0.0777. The highest BCUT2D eigenvalue weighted by Gasteiger charge is 2.28. The Morgan fingerprint density at radius 2 is 2.04 bits per heavy atom. The summed E-state index contributed by atoms with van der Waals surface area (Å²) in [4.78, 5) is 17.1. The van der Waals surface area contributed by atoms with Gasteiger partial charge in [0.1, 0.15) is 5.82 Å². The normalized spacial score (nSPS) is 15.8. The molecule has 1 aliphatic rings. The van der Waals surface area contributed by atoms with Crippen molar-refractivity contribution in [1.29, 1.82) is 0 Å². The monoisotopic (exact) mass is 332 g/mol. The average molecular weight is 332 g/mol. The Balaban J connectivity index is 1.57. The fourth-order valence-electron chi connectivity index (χ4n) is 3.37. The fourth-order valence-corrected chi connectivity index (χ4v) is 3.37. The van der Waals surface area contributed by atoms with Gasteiger partial charge in [-0.05, 0) is 49.6 Å². The Bertz CT molecular complexity index is 919. The molecule has 2 aromatic heterocycles. The molecule has 25 heavy (non-hydrogen) atoms. The number of aromatic nitrogens is 3. The largest absolute Gasteiger partial charge is 0.310 e. The van der Waals surface area contributed by atoms with Gasteiger partial charge in [-0.3, -0.25) is 9.78 Å². The van der Waals surface area contributed by atoms with Crippen molar-refractivity contribution in [2.45, 2.75) is 26.7 Å². The summed E-state index contributed by atoms with van der Waals surface area (Å²) in [5.41, 5.74) is 5.17. The highest BCUT2D eigenvalue weighted by molar-refractivity contribution is 5.93. The number of hydrogen-bond donors (Lipinski definition) is 1. The molecule has 0 saturated heterocycles. The highest BCUT2D eigenvalue weighted by atomic mass is 16.2. The van der Waals surface area contributed by atoms with E-state index in [4.69, 9.17) is 0 Å². The van der Waals surface area contributed by atoms with Gasteiger partial charge in [0, 0.05) is 30.3 Å². The molecule has 5 heteroatoms. The minimum absolute atomic E-state index is 0.0202. The first kappa shape index (κ1) is 15.6. The van der Waals surface area contributed by atoms with Crippen LogP contribution < -0.4 is 5.32 Å². The molecule has 5 nitrogen and oxygen atoms in total. The van der Waals surface area contributed by atoms with Gasteiger partial charge in [0.25, 0.3) is 0 Å². The number of aryl methyl sites for hydroxylation is 2. The molecule has 0 spiro atoms. The van der Waals surface area contributed by atoms with E-state index < -0.39 is 0 Å². The van der Waals surface area contributed by atoms with E-state index in [0.29, 0.717) is 12.2 Å². The predicted molar refractivity (Wildman–Crippen MR) is 96.8 cm³/mol. The zero-order chi connectivity index (χ0) is 17.4. The first-order valence-corrected chi connectivity index (χ1v) is 8.47. The Kier molecular flexibility index (Phi) is 3.84. The molecule has 1 atom stereocenters. The van der Waals surface area contributed by atoms with Gasteiger partial charge in [-0.1, -0.05) is 18.2 Å². The number of rotatable bonds is 3. The summed E-state index contributed by atoms with van der Waals surface area (Å²) in [6, 6.07) is 14.0. The second-order valence-electron chi connectivity index (χ2n) is 6.63. The van der Waals surface area contributed by atoms with Crippen LogP contribution in [0.1, 0.15) is 22.5 Å². The van der Waals surface area contributed by atoms with Crippen LogP contribution in [0.5, 0.6) is 0 Å². The molecule has 1 unspecified atom stereocenters. The van der Waals surface area contributed by atoms with E-state index >= 15 is 0 Å². The summed E-state index contributed by atoms with van der Waals surface area (Å²) >= 11 is 0. The maximum Gasteiger partial charge on any atom is 0.229 e. The summed E-state index contributed by atoms with van der Waals surface area (Å²) in [7, 11) is 0. The lowest BCUT2D eigenvalue weighted by Crippen LogP contribution is -2.24. The smallest absolute Gasteiger partial charge is 0.229 e. The summed E-state index contributed by atoms with van der Waals surface area (Å²) in [6.07, 6.45) is 3.22. The molecule has 1 aromatic carbocycles. The highest BCUT2D eigenvalue weighted by Crippen LogP contribution is 2.26. The van der Waals surface area contributed by atoms with Gasteiger partial charge < -0.3 is 5.32 Å². The van der Waals surface area contributed by atoms with Crippen LogP contribution in [0.2, 0.25) is 0 Å². The molecule has 4 rings (SSSR count). The van der Waals surface area contributed by atoms with Crippen molar-refractivity contribution in [2.75, 3.05) is 5.32 Å². The van der Waals surface area contributed by atoms with Gasteiger partial charge in [-0.2, -0.15) is 5.10 Å². The molecular weight excluding hydrogens is 312 g/mol. The summed E-state index contributed by atoms with van der Waals surface area (Å²) in [6.45, 7) is 3.97. The van der Waals surface area contributed by atoms with Gasteiger partial charge in [-0.25, -0.2) is 4.68 Å². The number of carbonyl (C=O) groups excluding carboxylic acids is 1. The maximum absolute atomic E-state index is 12.8. The summed E-state index contributed by atoms with van der Waals surface area (Å²) < 4.78 is 1.79. The second kappa shape index (κ2) is 6.16. The van der Waals surface area contributed by atoms with Crippen molar-refractivity contribution in [3.05, 3.63) is 71.2 Å².